The molecule has 8 aromatic rings. The molecular formula is C56H30F26P2. The van der Waals surface area contributed by atoms with Gasteiger partial charge in [-0.25, -0.2) is 0 Å². The van der Waals surface area contributed by atoms with Gasteiger partial charge in [-0.3, -0.25) is 0 Å². The van der Waals surface area contributed by atoms with Gasteiger partial charge in [-0.1, -0.05) is 170 Å². The van der Waals surface area contributed by atoms with E-state index in [0.29, 0.717) is 33.4 Å². The van der Waals surface area contributed by atoms with Crippen molar-refractivity contribution in [3.8, 4) is 11.1 Å². The minimum Gasteiger partial charge on any atom is -0.194 e. The first-order valence-electron chi connectivity index (χ1n) is 23.4. The summed E-state index contributed by atoms with van der Waals surface area (Å²) in [5.74, 6) is -78.3. The molecule has 0 aliphatic heterocycles. The molecule has 0 aliphatic carbocycles. The summed E-state index contributed by atoms with van der Waals surface area (Å²) in [6, 6.07) is 35.3. The zero-order valence-electron chi connectivity index (χ0n) is 41.0. The maximum absolute atomic E-state index is 16.1. The predicted molar refractivity (Wildman–Crippen MR) is 264 cm³/mol. The second kappa shape index (κ2) is 21.1. The third kappa shape index (κ3) is 9.68. The number of alkyl halides is 26. The summed E-state index contributed by atoms with van der Waals surface area (Å²) >= 11 is 0. The third-order valence-electron chi connectivity index (χ3n) is 13.4. The molecular weight excluding hydrogens is 1230 g/mol. The van der Waals surface area contributed by atoms with E-state index in [1.165, 1.54) is 48.5 Å². The molecule has 0 nitrogen and oxygen atoms in total. The molecule has 0 aromatic heterocycles. The van der Waals surface area contributed by atoms with E-state index in [9.17, 15) is 79.0 Å². The number of hydrogen-bond donors (Lipinski definition) is 0. The predicted octanol–water partition coefficient (Wildman–Crippen LogP) is 17.6. The summed E-state index contributed by atoms with van der Waals surface area (Å²) in [7, 11) is -4.32. The molecule has 0 amide bonds. The second-order valence-electron chi connectivity index (χ2n) is 18.5. The van der Waals surface area contributed by atoms with Crippen LogP contribution in [0.2, 0.25) is 0 Å². The highest BCUT2D eigenvalue weighted by Crippen LogP contribution is 2.64. The fourth-order valence-corrected chi connectivity index (χ4v) is 13.9. The molecule has 0 heterocycles. The van der Waals surface area contributed by atoms with Gasteiger partial charge in [-0.15, -0.1) is 0 Å². The average Bonchev–Trinajstić information content (AvgIpc) is 0.757. The number of rotatable bonds is 17. The molecule has 0 radical (unpaired) electrons. The zero-order chi connectivity index (χ0) is 62.5. The Balaban J connectivity index is 1.50. The van der Waals surface area contributed by atoms with Crippen molar-refractivity contribution in [1.29, 1.82) is 0 Å². The smallest absolute Gasteiger partial charge is 0.194 e. The molecule has 28 heteroatoms. The van der Waals surface area contributed by atoms with Crippen LogP contribution in [-0.4, -0.2) is 59.7 Å². The van der Waals surface area contributed by atoms with Gasteiger partial charge in [0.25, 0.3) is 0 Å². The Morgan fingerprint density at radius 3 is 0.702 bits per heavy atom. The number of fused-ring (bicyclic) bond motifs is 2. The maximum Gasteiger partial charge on any atom is 0.460 e. The van der Waals surface area contributed by atoms with Gasteiger partial charge < -0.3 is 0 Å². The van der Waals surface area contributed by atoms with Crippen LogP contribution in [0.4, 0.5) is 114 Å². The first-order valence-corrected chi connectivity index (χ1v) is 26.1. The van der Waals surface area contributed by atoms with E-state index in [-0.39, 0.29) is 46.0 Å². The normalized spacial score (nSPS) is 14.3. The average molecular weight is 1260 g/mol. The molecule has 0 saturated carbocycles. The zero-order valence-corrected chi connectivity index (χ0v) is 42.8. The largest absolute Gasteiger partial charge is 0.460 e. The van der Waals surface area contributed by atoms with Crippen molar-refractivity contribution in [2.75, 3.05) is 0 Å². The summed E-state index contributed by atoms with van der Waals surface area (Å²) < 4.78 is 378. The molecule has 0 spiro atoms. The van der Waals surface area contributed by atoms with Crippen LogP contribution in [0.5, 0.6) is 0 Å². The quantitative estimate of drug-likeness (QED) is 0.0630. The van der Waals surface area contributed by atoms with Gasteiger partial charge in [0.2, 0.25) is 0 Å². The van der Waals surface area contributed by atoms with E-state index in [1.54, 1.807) is 72.8 Å². The van der Waals surface area contributed by atoms with Crippen molar-refractivity contribution in [3.05, 3.63) is 193 Å². The highest BCUT2D eigenvalue weighted by molar-refractivity contribution is 7.80. The first kappa shape index (κ1) is 63.3. The molecule has 0 fully saturated rings. The minimum absolute atomic E-state index is 0.0264. The fourth-order valence-electron chi connectivity index (χ4n) is 8.99. The monoisotopic (exact) mass is 1260 g/mol. The van der Waals surface area contributed by atoms with Crippen LogP contribution in [0.1, 0.15) is 11.1 Å². The summed E-state index contributed by atoms with van der Waals surface area (Å²) in [5, 5.41) is -0.950. The van der Waals surface area contributed by atoms with E-state index < -0.39 is 120 Å². The van der Waals surface area contributed by atoms with Crippen molar-refractivity contribution < 1.29 is 114 Å². The molecule has 446 valence electrons. The molecule has 0 bridgehead atoms. The van der Waals surface area contributed by atoms with Crippen LogP contribution in [0.25, 0.3) is 32.7 Å². The van der Waals surface area contributed by atoms with Crippen LogP contribution in [0, 0.1) is 0 Å². The molecule has 0 unspecified atom stereocenters. The molecule has 8 aromatic carbocycles. The molecule has 84 heavy (non-hydrogen) atoms. The molecule has 0 saturated heterocycles. The Kier molecular flexibility index (Phi) is 15.9. The van der Waals surface area contributed by atoms with Crippen LogP contribution in [-0.2, 0) is 11.8 Å². The Labute approximate surface area is 458 Å². The Bertz CT molecular complexity index is 3360. The Morgan fingerprint density at radius 1 is 0.226 bits per heavy atom. The number of benzene rings is 8. The molecule has 0 aliphatic rings. The Morgan fingerprint density at radius 2 is 0.464 bits per heavy atom. The van der Waals surface area contributed by atoms with E-state index in [2.05, 4.69) is 0 Å². The lowest BCUT2D eigenvalue weighted by Gasteiger charge is -2.40. The van der Waals surface area contributed by atoms with Crippen molar-refractivity contribution in [2.24, 2.45) is 0 Å². The van der Waals surface area contributed by atoms with E-state index in [4.69, 9.17) is 0 Å². The van der Waals surface area contributed by atoms with Gasteiger partial charge in [-0.2, -0.15) is 114 Å². The van der Waals surface area contributed by atoms with Crippen LogP contribution in [0.15, 0.2) is 182 Å². The molecule has 0 atom stereocenters. The summed E-state index contributed by atoms with van der Waals surface area (Å²) in [5.41, 5.74) is -5.48. The standard InChI is InChI=1S/C56H30F26P2/c57-45(58,47(61,62)49(65,66)51(69,70)53(73,74)55(77,78)79)33-23-25-39-31(29-33)21-27-41(83(35-13-5-1-6-14-35)36-15-7-2-8-16-36)43(39)44-40-26-24-34(46(59,60)48(63,64)50(67,68)52(71,72)54(75,76)56(80,81)82)30-32(40)22-28-42(44)84(37-17-9-3-10-18-37)38-19-11-4-12-20-38/h1-30H. The topological polar surface area (TPSA) is 0 Å². The van der Waals surface area contributed by atoms with Crippen LogP contribution < -0.4 is 31.8 Å². The van der Waals surface area contributed by atoms with Gasteiger partial charge in [0.05, 0.1) is 0 Å². The fraction of sp³-hybridized carbons (Fsp3) is 0.214. The SMILES string of the molecule is FC(F)(F)C(F)(F)C(F)(F)C(F)(F)C(F)(F)C(F)(F)c1ccc2c(-c3c(P(c4ccccc4)c4ccccc4)ccc4cc(C(F)(F)C(F)(F)C(F)(F)C(F)(F)C(F)(F)C(F)(F)F)ccc34)c(P(c3ccccc3)c3ccccc3)ccc2c1. The summed E-state index contributed by atoms with van der Waals surface area (Å²) in [6.07, 6.45) is -15.4. The van der Waals surface area contributed by atoms with Crippen molar-refractivity contribution >= 4 is 69.2 Å². The second-order valence-corrected chi connectivity index (χ2v) is 22.9. The van der Waals surface area contributed by atoms with Gasteiger partial charge in [0, 0.05) is 11.1 Å². The van der Waals surface area contributed by atoms with Crippen molar-refractivity contribution in [2.45, 2.75) is 71.6 Å². The lowest BCUT2D eigenvalue weighted by Crippen LogP contribution is -2.69. The highest BCUT2D eigenvalue weighted by atomic mass is 31.1. The first-order chi connectivity index (χ1) is 38.6. The summed E-state index contributed by atoms with van der Waals surface area (Å²) in [4.78, 5) is 0. The highest BCUT2D eigenvalue weighted by Gasteiger charge is 2.92. The van der Waals surface area contributed by atoms with E-state index in [1.807, 2.05) is 0 Å². The van der Waals surface area contributed by atoms with Crippen LogP contribution in [0.3, 0.4) is 0 Å². The van der Waals surface area contributed by atoms with Gasteiger partial charge >= 0.3 is 71.6 Å². The van der Waals surface area contributed by atoms with Gasteiger partial charge in [0.15, 0.2) is 0 Å². The van der Waals surface area contributed by atoms with Crippen LogP contribution >= 0.6 is 15.8 Å². The van der Waals surface area contributed by atoms with Gasteiger partial charge in [0.1, 0.15) is 0 Å². The van der Waals surface area contributed by atoms with E-state index in [0.717, 1.165) is 24.3 Å². The molecule has 0 N–H and O–H groups in total. The lowest BCUT2D eigenvalue weighted by atomic mass is 9.87. The molecule has 8 rings (SSSR count). The van der Waals surface area contributed by atoms with Gasteiger partial charge in [-0.05, 0) is 92.5 Å². The van der Waals surface area contributed by atoms with E-state index >= 15 is 35.1 Å². The van der Waals surface area contributed by atoms with Crippen molar-refractivity contribution in [1.82, 2.24) is 0 Å². The number of hydrogen-bond acceptors (Lipinski definition) is 0. The lowest BCUT2D eigenvalue weighted by molar-refractivity contribution is -0.441. The minimum atomic E-state index is -8.27. The summed E-state index contributed by atoms with van der Waals surface area (Å²) in [6.45, 7) is 0. The third-order valence-corrected chi connectivity index (χ3v) is 18.3. The number of halogens is 26. The van der Waals surface area contributed by atoms with Crippen molar-refractivity contribution in [3.63, 3.8) is 0 Å². The Hall–Kier alpha value is -6.68. The maximum atomic E-state index is 16.1.